The molecule has 4 heteroatoms. The van der Waals surface area contributed by atoms with Crippen LogP contribution in [0.4, 0.5) is 11.4 Å². The van der Waals surface area contributed by atoms with E-state index in [1.165, 1.54) is 7.11 Å². The Morgan fingerprint density at radius 3 is 2.43 bits per heavy atom. The van der Waals surface area contributed by atoms with Crippen LogP contribution in [0.1, 0.15) is 10.4 Å². The highest BCUT2D eigenvalue weighted by Crippen LogP contribution is 2.40. The number of anilines is 2. The van der Waals surface area contributed by atoms with E-state index in [2.05, 4.69) is 23.5 Å². The van der Waals surface area contributed by atoms with E-state index in [0.29, 0.717) is 11.3 Å². The van der Waals surface area contributed by atoms with Crippen molar-refractivity contribution in [1.29, 1.82) is 0 Å². The van der Waals surface area contributed by atoms with Crippen molar-refractivity contribution in [2.24, 2.45) is 0 Å². The number of fused-ring (bicyclic) bond motifs is 5. The van der Waals surface area contributed by atoms with Crippen LogP contribution in [0.3, 0.4) is 0 Å². The molecule has 0 bridgehead atoms. The van der Waals surface area contributed by atoms with Gasteiger partial charge in [0.2, 0.25) is 0 Å². The Kier molecular flexibility index (Phi) is 3.76. The highest BCUT2D eigenvalue weighted by Gasteiger charge is 2.17. The SMILES string of the molecule is COC(=O)c1ccccc1Nc1cc2ccccc2c2c1oc1ccccc12. The molecule has 0 spiro atoms. The van der Waals surface area contributed by atoms with Gasteiger partial charge in [0, 0.05) is 10.8 Å². The number of hydrogen-bond acceptors (Lipinski definition) is 4. The molecule has 0 radical (unpaired) electrons. The molecule has 0 aliphatic rings. The molecule has 1 N–H and O–H groups in total. The van der Waals surface area contributed by atoms with E-state index >= 15 is 0 Å². The van der Waals surface area contributed by atoms with Crippen molar-refractivity contribution in [2.75, 3.05) is 12.4 Å². The fraction of sp³-hybridized carbons (Fsp3) is 0.0417. The molecule has 0 amide bonds. The largest absolute Gasteiger partial charge is 0.465 e. The monoisotopic (exact) mass is 367 g/mol. The minimum Gasteiger partial charge on any atom is -0.465 e. The smallest absolute Gasteiger partial charge is 0.339 e. The second-order valence-corrected chi connectivity index (χ2v) is 6.61. The number of nitrogens with one attached hydrogen (secondary N) is 1. The van der Waals surface area contributed by atoms with Gasteiger partial charge in [-0.05, 0) is 35.0 Å². The van der Waals surface area contributed by atoms with Crippen LogP contribution >= 0.6 is 0 Å². The Morgan fingerprint density at radius 2 is 1.57 bits per heavy atom. The maximum atomic E-state index is 12.2. The number of furan rings is 1. The molecule has 28 heavy (non-hydrogen) atoms. The van der Waals surface area contributed by atoms with Crippen LogP contribution < -0.4 is 5.32 Å². The quantitative estimate of drug-likeness (QED) is 0.382. The van der Waals surface area contributed by atoms with Gasteiger partial charge in [0.05, 0.1) is 24.0 Å². The summed E-state index contributed by atoms with van der Waals surface area (Å²) < 4.78 is 11.1. The lowest BCUT2D eigenvalue weighted by atomic mass is 10.0. The van der Waals surface area contributed by atoms with E-state index in [-0.39, 0.29) is 5.97 Å². The molecule has 0 atom stereocenters. The third-order valence-electron chi connectivity index (χ3n) is 4.97. The van der Waals surface area contributed by atoms with Crippen LogP contribution in [0.25, 0.3) is 32.7 Å². The molecule has 1 aromatic heterocycles. The predicted molar refractivity (Wildman–Crippen MR) is 112 cm³/mol. The maximum absolute atomic E-state index is 12.2. The number of ether oxygens (including phenoxy) is 1. The summed E-state index contributed by atoms with van der Waals surface area (Å²) in [5.41, 5.74) is 3.55. The summed E-state index contributed by atoms with van der Waals surface area (Å²) in [7, 11) is 1.38. The fourth-order valence-electron chi connectivity index (χ4n) is 3.69. The molecular formula is C24H17NO3. The molecule has 136 valence electrons. The molecule has 4 aromatic carbocycles. The summed E-state index contributed by atoms with van der Waals surface area (Å²) in [6.07, 6.45) is 0. The van der Waals surface area contributed by atoms with Gasteiger partial charge in [0.25, 0.3) is 0 Å². The zero-order valence-electron chi connectivity index (χ0n) is 15.2. The molecular weight excluding hydrogens is 350 g/mol. The molecule has 4 nitrogen and oxygen atoms in total. The van der Waals surface area contributed by atoms with E-state index in [1.807, 2.05) is 54.6 Å². The molecule has 0 unspecified atom stereocenters. The summed E-state index contributed by atoms with van der Waals surface area (Å²) >= 11 is 0. The van der Waals surface area contributed by atoms with Crippen molar-refractivity contribution in [2.45, 2.75) is 0 Å². The number of methoxy groups -OCH3 is 1. The Labute approximate surface area is 161 Å². The van der Waals surface area contributed by atoms with Crippen molar-refractivity contribution in [3.63, 3.8) is 0 Å². The molecule has 5 aromatic rings. The second kappa shape index (κ2) is 6.43. The number of carbonyl (C=O) groups is 1. The number of para-hydroxylation sites is 2. The maximum Gasteiger partial charge on any atom is 0.339 e. The van der Waals surface area contributed by atoms with E-state index in [1.54, 1.807) is 6.07 Å². The molecule has 5 rings (SSSR count). The first-order chi connectivity index (χ1) is 13.8. The number of rotatable bonds is 3. The van der Waals surface area contributed by atoms with Gasteiger partial charge in [-0.1, -0.05) is 54.6 Å². The van der Waals surface area contributed by atoms with Gasteiger partial charge >= 0.3 is 5.97 Å². The van der Waals surface area contributed by atoms with Crippen LogP contribution in [0.15, 0.2) is 83.3 Å². The summed E-state index contributed by atoms with van der Waals surface area (Å²) in [5, 5.41) is 7.75. The molecule has 0 fully saturated rings. The minimum absolute atomic E-state index is 0.385. The first-order valence-corrected chi connectivity index (χ1v) is 9.03. The number of esters is 1. The topological polar surface area (TPSA) is 51.5 Å². The van der Waals surface area contributed by atoms with Gasteiger partial charge in [-0.3, -0.25) is 0 Å². The van der Waals surface area contributed by atoms with E-state index < -0.39 is 0 Å². The lowest BCUT2D eigenvalue weighted by Crippen LogP contribution is -2.05. The van der Waals surface area contributed by atoms with E-state index in [9.17, 15) is 4.79 Å². The third-order valence-corrected chi connectivity index (χ3v) is 4.97. The standard InChI is InChI=1S/C24H17NO3/c1-27-24(26)17-10-4-6-12-19(17)25-20-14-15-8-2-3-9-16(15)22-18-11-5-7-13-21(18)28-23(20)22/h2-14,25H,1H3. The Bertz CT molecular complexity index is 1350. The minimum atomic E-state index is -0.385. The summed E-state index contributed by atoms with van der Waals surface area (Å²) in [6.45, 7) is 0. The normalized spacial score (nSPS) is 11.2. The third kappa shape index (κ3) is 2.50. The predicted octanol–water partition coefficient (Wildman–Crippen LogP) is 6.27. The summed E-state index contributed by atoms with van der Waals surface area (Å²) in [5.74, 6) is -0.385. The Balaban J connectivity index is 1.80. The summed E-state index contributed by atoms with van der Waals surface area (Å²) in [4.78, 5) is 12.2. The molecule has 1 heterocycles. The van der Waals surface area contributed by atoms with Gasteiger partial charge in [0.15, 0.2) is 5.58 Å². The second-order valence-electron chi connectivity index (χ2n) is 6.61. The van der Waals surface area contributed by atoms with Crippen molar-refractivity contribution >= 4 is 50.1 Å². The Morgan fingerprint density at radius 1 is 0.857 bits per heavy atom. The van der Waals surface area contributed by atoms with Crippen molar-refractivity contribution < 1.29 is 13.9 Å². The molecule has 0 aliphatic carbocycles. The first-order valence-electron chi connectivity index (χ1n) is 9.03. The average Bonchev–Trinajstić information content (AvgIpc) is 3.14. The van der Waals surface area contributed by atoms with Gasteiger partial charge in [0.1, 0.15) is 5.58 Å². The lowest BCUT2D eigenvalue weighted by Gasteiger charge is -2.12. The molecule has 0 aliphatic heterocycles. The Hall–Kier alpha value is -3.79. The van der Waals surface area contributed by atoms with Gasteiger partial charge < -0.3 is 14.5 Å². The van der Waals surface area contributed by atoms with Crippen molar-refractivity contribution in [3.8, 4) is 0 Å². The van der Waals surface area contributed by atoms with Crippen LogP contribution in [0.5, 0.6) is 0 Å². The number of carbonyl (C=O) groups excluding carboxylic acids is 1. The van der Waals surface area contributed by atoms with E-state index in [0.717, 1.165) is 38.4 Å². The van der Waals surface area contributed by atoms with Gasteiger partial charge in [-0.15, -0.1) is 0 Å². The van der Waals surface area contributed by atoms with Gasteiger partial charge in [-0.25, -0.2) is 4.79 Å². The highest BCUT2D eigenvalue weighted by molar-refractivity contribution is 6.22. The number of benzene rings is 4. The van der Waals surface area contributed by atoms with Crippen LogP contribution in [0.2, 0.25) is 0 Å². The zero-order chi connectivity index (χ0) is 19.1. The molecule has 0 saturated heterocycles. The number of hydrogen-bond donors (Lipinski definition) is 1. The van der Waals surface area contributed by atoms with Crippen molar-refractivity contribution in [1.82, 2.24) is 0 Å². The zero-order valence-corrected chi connectivity index (χ0v) is 15.2. The van der Waals surface area contributed by atoms with E-state index in [4.69, 9.17) is 9.15 Å². The average molecular weight is 367 g/mol. The van der Waals surface area contributed by atoms with Crippen LogP contribution in [-0.4, -0.2) is 13.1 Å². The fourth-order valence-corrected chi connectivity index (χ4v) is 3.69. The van der Waals surface area contributed by atoms with Crippen molar-refractivity contribution in [3.05, 3.63) is 84.4 Å². The van der Waals surface area contributed by atoms with Gasteiger partial charge in [-0.2, -0.15) is 0 Å². The first kappa shape index (κ1) is 16.4. The molecule has 0 saturated carbocycles. The van der Waals surface area contributed by atoms with Crippen LogP contribution in [-0.2, 0) is 4.74 Å². The lowest BCUT2D eigenvalue weighted by molar-refractivity contribution is 0.0602. The summed E-state index contributed by atoms with van der Waals surface area (Å²) in [6, 6.07) is 25.6. The van der Waals surface area contributed by atoms with Crippen LogP contribution in [0, 0.1) is 0 Å². The highest BCUT2D eigenvalue weighted by atomic mass is 16.5.